The number of aromatic nitrogens is 1. The maximum atomic E-state index is 12.0. The summed E-state index contributed by atoms with van der Waals surface area (Å²) >= 11 is 7.27. The molecule has 1 amide bonds. The van der Waals surface area contributed by atoms with Gasteiger partial charge in [0.2, 0.25) is 0 Å². The van der Waals surface area contributed by atoms with Crippen LogP contribution in [0.15, 0.2) is 47.8 Å². The molecular formula is C19H17ClN2O2S. The molecule has 0 saturated heterocycles. The van der Waals surface area contributed by atoms with Crippen LogP contribution in [0.2, 0.25) is 5.02 Å². The van der Waals surface area contributed by atoms with E-state index in [0.29, 0.717) is 15.9 Å². The van der Waals surface area contributed by atoms with Gasteiger partial charge in [0.15, 0.2) is 11.7 Å². The van der Waals surface area contributed by atoms with Crippen molar-refractivity contribution in [3.63, 3.8) is 0 Å². The molecule has 0 bridgehead atoms. The fourth-order valence-electron chi connectivity index (χ4n) is 2.23. The minimum Gasteiger partial charge on any atom is -0.484 e. The number of ether oxygens (including phenoxy) is 1. The Labute approximate surface area is 155 Å². The number of benzene rings is 2. The monoisotopic (exact) mass is 372 g/mol. The fourth-order valence-corrected chi connectivity index (χ4v) is 3.14. The van der Waals surface area contributed by atoms with Crippen molar-refractivity contribution in [3.05, 3.63) is 64.0 Å². The molecule has 0 atom stereocenters. The third-order valence-corrected chi connectivity index (χ3v) is 4.71. The van der Waals surface area contributed by atoms with Crippen LogP contribution < -0.4 is 10.1 Å². The molecule has 4 nitrogen and oxygen atoms in total. The normalized spacial score (nSPS) is 10.5. The first-order valence-corrected chi connectivity index (χ1v) is 8.98. The zero-order valence-electron chi connectivity index (χ0n) is 13.9. The largest absolute Gasteiger partial charge is 0.484 e. The minimum atomic E-state index is -0.263. The van der Waals surface area contributed by atoms with Crippen LogP contribution >= 0.6 is 22.9 Å². The molecule has 0 fully saturated rings. The molecule has 6 heteroatoms. The van der Waals surface area contributed by atoms with Crippen molar-refractivity contribution in [3.8, 4) is 17.0 Å². The zero-order chi connectivity index (χ0) is 17.8. The third-order valence-electron chi connectivity index (χ3n) is 3.72. The van der Waals surface area contributed by atoms with Crippen LogP contribution in [0.1, 0.15) is 11.1 Å². The Balaban J connectivity index is 1.60. The number of carbonyl (C=O) groups excluding carboxylic acids is 1. The Bertz CT molecular complexity index is 908. The van der Waals surface area contributed by atoms with E-state index in [1.807, 2.05) is 11.4 Å². The van der Waals surface area contributed by atoms with Gasteiger partial charge in [-0.2, -0.15) is 0 Å². The van der Waals surface area contributed by atoms with Gasteiger partial charge in [-0.05, 0) is 49.2 Å². The van der Waals surface area contributed by atoms with Crippen molar-refractivity contribution < 1.29 is 9.53 Å². The van der Waals surface area contributed by atoms with Crippen LogP contribution in [0.4, 0.5) is 5.13 Å². The number of nitrogens with zero attached hydrogens (tertiary/aromatic N) is 1. The van der Waals surface area contributed by atoms with Crippen LogP contribution in [0, 0.1) is 13.8 Å². The zero-order valence-corrected chi connectivity index (χ0v) is 15.4. The lowest BCUT2D eigenvalue weighted by molar-refractivity contribution is -0.118. The Kier molecular flexibility index (Phi) is 5.36. The summed E-state index contributed by atoms with van der Waals surface area (Å²) in [4.78, 5) is 16.5. The number of rotatable bonds is 5. The van der Waals surface area contributed by atoms with Crippen molar-refractivity contribution in [2.75, 3.05) is 11.9 Å². The highest BCUT2D eigenvalue weighted by Crippen LogP contribution is 2.26. The number of anilines is 1. The van der Waals surface area contributed by atoms with Crippen LogP contribution in [0.25, 0.3) is 11.3 Å². The molecule has 1 aromatic heterocycles. The van der Waals surface area contributed by atoms with Crippen molar-refractivity contribution in [2.45, 2.75) is 13.8 Å². The van der Waals surface area contributed by atoms with Gasteiger partial charge in [-0.15, -0.1) is 11.3 Å². The maximum Gasteiger partial charge on any atom is 0.264 e. The number of amides is 1. The molecular weight excluding hydrogens is 356 g/mol. The molecule has 0 spiro atoms. The highest BCUT2D eigenvalue weighted by Gasteiger charge is 2.09. The van der Waals surface area contributed by atoms with E-state index in [1.165, 1.54) is 22.5 Å². The van der Waals surface area contributed by atoms with Crippen molar-refractivity contribution in [2.24, 2.45) is 0 Å². The molecule has 1 N–H and O–H groups in total. The summed E-state index contributed by atoms with van der Waals surface area (Å²) in [5.41, 5.74) is 4.34. The Morgan fingerprint density at radius 2 is 2.04 bits per heavy atom. The Morgan fingerprint density at radius 3 is 2.80 bits per heavy atom. The number of nitrogens with one attached hydrogen (secondary N) is 1. The second-order valence-corrected chi connectivity index (χ2v) is 6.93. The summed E-state index contributed by atoms with van der Waals surface area (Å²) in [6.45, 7) is 4.05. The first-order chi connectivity index (χ1) is 12.0. The second-order valence-electron chi connectivity index (χ2n) is 5.63. The van der Waals surface area contributed by atoms with Gasteiger partial charge in [-0.25, -0.2) is 4.98 Å². The lowest BCUT2D eigenvalue weighted by Gasteiger charge is -2.06. The number of thiazole rings is 1. The predicted molar refractivity (Wildman–Crippen MR) is 103 cm³/mol. The van der Waals surface area contributed by atoms with Crippen molar-refractivity contribution in [1.82, 2.24) is 4.98 Å². The van der Waals surface area contributed by atoms with Gasteiger partial charge in [-0.1, -0.05) is 29.8 Å². The lowest BCUT2D eigenvalue weighted by Crippen LogP contribution is -2.20. The second kappa shape index (κ2) is 7.68. The van der Waals surface area contributed by atoms with E-state index >= 15 is 0 Å². The smallest absolute Gasteiger partial charge is 0.264 e. The van der Waals surface area contributed by atoms with Gasteiger partial charge < -0.3 is 4.74 Å². The molecule has 0 aliphatic carbocycles. The molecule has 0 radical (unpaired) electrons. The highest BCUT2D eigenvalue weighted by molar-refractivity contribution is 7.14. The van der Waals surface area contributed by atoms with E-state index in [2.05, 4.69) is 36.3 Å². The van der Waals surface area contributed by atoms with Crippen LogP contribution in [-0.2, 0) is 4.79 Å². The van der Waals surface area contributed by atoms with Crippen LogP contribution in [-0.4, -0.2) is 17.5 Å². The summed E-state index contributed by atoms with van der Waals surface area (Å²) in [5, 5.41) is 5.80. The molecule has 25 heavy (non-hydrogen) atoms. The molecule has 0 aliphatic rings. The molecule has 1 heterocycles. The van der Waals surface area contributed by atoms with Gasteiger partial charge in [0.1, 0.15) is 5.75 Å². The first-order valence-electron chi connectivity index (χ1n) is 7.72. The van der Waals surface area contributed by atoms with Crippen LogP contribution in [0.3, 0.4) is 0 Å². The molecule has 0 saturated carbocycles. The molecule has 3 rings (SSSR count). The fraction of sp³-hybridized carbons (Fsp3) is 0.158. The van der Waals surface area contributed by atoms with Crippen LogP contribution in [0.5, 0.6) is 5.75 Å². The van der Waals surface area contributed by atoms with E-state index in [9.17, 15) is 4.79 Å². The standard InChI is InChI=1S/C19H17ClN2O2S/c1-12-6-7-14(8-13(12)2)17-11-25-19(21-17)22-18(23)10-24-16-5-3-4-15(20)9-16/h3-9,11H,10H2,1-2H3,(H,21,22,23). The topological polar surface area (TPSA) is 51.2 Å². The lowest BCUT2D eigenvalue weighted by atomic mass is 10.1. The predicted octanol–water partition coefficient (Wildman–Crippen LogP) is 5.10. The number of aryl methyl sites for hydroxylation is 2. The van der Waals surface area contributed by atoms with Gasteiger partial charge in [0.05, 0.1) is 5.69 Å². The molecule has 0 unspecified atom stereocenters. The van der Waals surface area contributed by atoms with E-state index in [-0.39, 0.29) is 12.5 Å². The number of hydrogen-bond donors (Lipinski definition) is 1. The molecule has 3 aromatic rings. The molecule has 2 aromatic carbocycles. The molecule has 128 valence electrons. The quantitative estimate of drug-likeness (QED) is 0.678. The Morgan fingerprint density at radius 1 is 1.20 bits per heavy atom. The summed E-state index contributed by atoms with van der Waals surface area (Å²) in [5.74, 6) is 0.290. The summed E-state index contributed by atoms with van der Waals surface area (Å²) in [7, 11) is 0. The van der Waals surface area contributed by atoms with Gasteiger partial charge in [0.25, 0.3) is 5.91 Å². The van der Waals surface area contributed by atoms with Gasteiger partial charge in [-0.3, -0.25) is 10.1 Å². The number of hydrogen-bond acceptors (Lipinski definition) is 4. The van der Waals surface area contributed by atoms with Crippen molar-refractivity contribution in [1.29, 1.82) is 0 Å². The first kappa shape index (κ1) is 17.5. The Hall–Kier alpha value is -2.37. The third kappa shape index (κ3) is 4.59. The van der Waals surface area contributed by atoms with Gasteiger partial charge >= 0.3 is 0 Å². The summed E-state index contributed by atoms with van der Waals surface area (Å²) in [6.07, 6.45) is 0. The van der Waals surface area contributed by atoms with E-state index in [4.69, 9.17) is 16.3 Å². The van der Waals surface area contributed by atoms with E-state index < -0.39 is 0 Å². The van der Waals surface area contributed by atoms with Crippen molar-refractivity contribution >= 4 is 34.0 Å². The highest BCUT2D eigenvalue weighted by atomic mass is 35.5. The number of carbonyl (C=O) groups is 1. The maximum absolute atomic E-state index is 12.0. The summed E-state index contributed by atoms with van der Waals surface area (Å²) < 4.78 is 5.42. The van der Waals surface area contributed by atoms with E-state index in [0.717, 1.165) is 11.3 Å². The van der Waals surface area contributed by atoms with Gasteiger partial charge in [0, 0.05) is 16.0 Å². The number of halogens is 1. The average Bonchev–Trinajstić information content (AvgIpc) is 3.04. The average molecular weight is 373 g/mol. The minimum absolute atomic E-state index is 0.0983. The summed E-state index contributed by atoms with van der Waals surface area (Å²) in [6, 6.07) is 13.1. The SMILES string of the molecule is Cc1ccc(-c2csc(NC(=O)COc3cccc(Cl)c3)n2)cc1C. The molecule has 0 aliphatic heterocycles. The van der Waals surface area contributed by atoms with E-state index in [1.54, 1.807) is 24.3 Å².